The van der Waals surface area contributed by atoms with Crippen molar-refractivity contribution in [3.8, 4) is 11.5 Å². The number of aliphatic imine (C=N–C) groups is 1. The van der Waals surface area contributed by atoms with Crippen LogP contribution in [0.5, 0.6) is 11.5 Å². The number of halogens is 2. The van der Waals surface area contributed by atoms with Crippen molar-refractivity contribution in [2.45, 2.75) is 45.8 Å². The molecule has 1 fully saturated rings. The van der Waals surface area contributed by atoms with Gasteiger partial charge < -0.3 is 25.4 Å². The Kier molecular flexibility index (Phi) is 9.46. The van der Waals surface area contributed by atoms with Crippen LogP contribution in [0.15, 0.2) is 23.2 Å². The van der Waals surface area contributed by atoms with Crippen molar-refractivity contribution < 1.29 is 23.0 Å². The maximum atomic E-state index is 12.6. The van der Waals surface area contributed by atoms with Gasteiger partial charge in [-0.1, -0.05) is 6.42 Å². The summed E-state index contributed by atoms with van der Waals surface area (Å²) in [5, 5.41) is 9.23. The summed E-state index contributed by atoms with van der Waals surface area (Å²) in [6, 6.07) is 4.63. The summed E-state index contributed by atoms with van der Waals surface area (Å²) >= 11 is 0. The number of hydrogen-bond acceptors (Lipinski definition) is 4. The van der Waals surface area contributed by atoms with Crippen LogP contribution in [0.25, 0.3) is 0 Å². The summed E-state index contributed by atoms with van der Waals surface area (Å²) in [6.45, 7) is 1.05. The molecule has 3 N–H and O–H groups in total. The standard InChI is InChI=1S/C20H30F2N4O3/c1-3-23-20(25-11-5-10-24-18(27)14-6-4-7-14)26-13-15-12-16(28-2)8-9-17(15)29-19(21)22/h8-9,12,14,19H,3-7,10-11,13H2,1-2H3,(H,24,27)(H2,23,25,26). The first-order valence-electron chi connectivity index (χ1n) is 9.95. The fourth-order valence-corrected chi connectivity index (χ4v) is 2.84. The molecule has 0 aromatic heterocycles. The quantitative estimate of drug-likeness (QED) is 0.296. The molecule has 1 aliphatic carbocycles. The molecule has 0 spiro atoms. The number of carbonyl (C=O) groups excluding carboxylic acids is 1. The number of carbonyl (C=O) groups is 1. The Bertz CT molecular complexity index is 682. The minimum Gasteiger partial charge on any atom is -0.497 e. The molecule has 162 valence electrons. The molecule has 0 radical (unpaired) electrons. The van der Waals surface area contributed by atoms with Gasteiger partial charge in [0.25, 0.3) is 0 Å². The van der Waals surface area contributed by atoms with Gasteiger partial charge in [-0.2, -0.15) is 8.78 Å². The largest absolute Gasteiger partial charge is 0.497 e. The average Bonchev–Trinajstić information content (AvgIpc) is 2.64. The van der Waals surface area contributed by atoms with Crippen LogP contribution in [0.2, 0.25) is 0 Å². The molecular formula is C20H30F2N4O3. The predicted octanol–water partition coefficient (Wildman–Crippen LogP) is 2.66. The van der Waals surface area contributed by atoms with Crippen molar-refractivity contribution in [2.24, 2.45) is 10.9 Å². The van der Waals surface area contributed by atoms with Crippen molar-refractivity contribution in [3.05, 3.63) is 23.8 Å². The third-order valence-corrected chi connectivity index (χ3v) is 4.66. The molecule has 1 aromatic rings. The third kappa shape index (κ3) is 7.75. The Hall–Kier alpha value is -2.58. The smallest absolute Gasteiger partial charge is 0.387 e. The van der Waals surface area contributed by atoms with Crippen molar-refractivity contribution in [1.29, 1.82) is 0 Å². The molecule has 1 aromatic carbocycles. The second-order valence-corrected chi connectivity index (χ2v) is 6.75. The van der Waals surface area contributed by atoms with E-state index in [-0.39, 0.29) is 24.1 Å². The summed E-state index contributed by atoms with van der Waals surface area (Å²) in [5.74, 6) is 1.50. The molecule has 29 heavy (non-hydrogen) atoms. The topological polar surface area (TPSA) is 84.0 Å². The first kappa shape index (κ1) is 22.7. The molecule has 7 nitrogen and oxygen atoms in total. The highest BCUT2D eigenvalue weighted by Gasteiger charge is 2.24. The minimum absolute atomic E-state index is 0.0686. The number of nitrogens with zero attached hydrogens (tertiary/aromatic N) is 1. The van der Waals surface area contributed by atoms with Crippen LogP contribution in [0, 0.1) is 5.92 Å². The molecule has 0 bridgehead atoms. The van der Waals surface area contributed by atoms with Gasteiger partial charge in [-0.05, 0) is 44.4 Å². The first-order chi connectivity index (χ1) is 14.0. The van der Waals surface area contributed by atoms with Gasteiger partial charge in [0.05, 0.1) is 13.7 Å². The van der Waals surface area contributed by atoms with Gasteiger partial charge in [-0.15, -0.1) is 0 Å². The summed E-state index contributed by atoms with van der Waals surface area (Å²) in [5.41, 5.74) is 0.495. The fraction of sp³-hybridized carbons (Fsp3) is 0.600. The number of methoxy groups -OCH3 is 1. The maximum absolute atomic E-state index is 12.6. The minimum atomic E-state index is -2.91. The van der Waals surface area contributed by atoms with E-state index in [0.29, 0.717) is 36.9 Å². The normalized spacial score (nSPS) is 14.3. The number of benzene rings is 1. The number of ether oxygens (including phenoxy) is 2. The first-order valence-corrected chi connectivity index (χ1v) is 9.95. The Morgan fingerprint density at radius 1 is 1.24 bits per heavy atom. The molecule has 9 heteroatoms. The zero-order valence-corrected chi connectivity index (χ0v) is 17.0. The van der Waals surface area contributed by atoms with Crippen LogP contribution >= 0.6 is 0 Å². The lowest BCUT2D eigenvalue weighted by Gasteiger charge is -2.24. The van der Waals surface area contributed by atoms with Crippen LogP contribution in [0.3, 0.4) is 0 Å². The number of nitrogens with one attached hydrogen (secondary N) is 3. The van der Waals surface area contributed by atoms with Gasteiger partial charge in [-0.3, -0.25) is 4.79 Å². The highest BCUT2D eigenvalue weighted by atomic mass is 19.3. The summed E-state index contributed by atoms with van der Waals surface area (Å²) in [4.78, 5) is 16.2. The summed E-state index contributed by atoms with van der Waals surface area (Å²) < 4.78 is 35.0. The second kappa shape index (κ2) is 12.1. The second-order valence-electron chi connectivity index (χ2n) is 6.75. The van der Waals surface area contributed by atoms with Gasteiger partial charge in [0.1, 0.15) is 11.5 Å². The van der Waals surface area contributed by atoms with E-state index in [9.17, 15) is 13.6 Å². The lowest BCUT2D eigenvalue weighted by atomic mass is 9.85. The molecule has 0 aliphatic heterocycles. The van der Waals surface area contributed by atoms with E-state index in [4.69, 9.17) is 4.74 Å². The van der Waals surface area contributed by atoms with E-state index in [1.807, 2.05) is 6.92 Å². The van der Waals surface area contributed by atoms with Crippen molar-refractivity contribution in [2.75, 3.05) is 26.7 Å². The van der Waals surface area contributed by atoms with Gasteiger partial charge >= 0.3 is 6.61 Å². The van der Waals surface area contributed by atoms with Crippen molar-refractivity contribution in [1.82, 2.24) is 16.0 Å². The van der Waals surface area contributed by atoms with E-state index in [1.165, 1.54) is 13.2 Å². The molecular weight excluding hydrogens is 382 g/mol. The molecule has 0 unspecified atom stereocenters. The molecule has 1 amide bonds. The highest BCUT2D eigenvalue weighted by molar-refractivity contribution is 5.80. The van der Waals surface area contributed by atoms with E-state index in [0.717, 1.165) is 25.7 Å². The van der Waals surface area contributed by atoms with Crippen molar-refractivity contribution in [3.63, 3.8) is 0 Å². The number of rotatable bonds is 11. The van der Waals surface area contributed by atoms with Crippen LogP contribution in [-0.2, 0) is 11.3 Å². The van der Waals surface area contributed by atoms with Crippen LogP contribution < -0.4 is 25.4 Å². The average molecular weight is 412 g/mol. The van der Waals surface area contributed by atoms with Gasteiger partial charge in [-0.25, -0.2) is 4.99 Å². The lowest BCUT2D eigenvalue weighted by molar-refractivity contribution is -0.127. The van der Waals surface area contributed by atoms with Gasteiger partial charge in [0, 0.05) is 31.1 Å². The number of guanidine groups is 1. The Balaban J connectivity index is 1.86. The van der Waals surface area contributed by atoms with E-state index >= 15 is 0 Å². The Morgan fingerprint density at radius 3 is 2.62 bits per heavy atom. The molecule has 0 saturated heterocycles. The molecule has 0 atom stereocenters. The third-order valence-electron chi connectivity index (χ3n) is 4.66. The highest BCUT2D eigenvalue weighted by Crippen LogP contribution is 2.27. The Morgan fingerprint density at radius 2 is 2.00 bits per heavy atom. The number of hydrogen-bond donors (Lipinski definition) is 3. The van der Waals surface area contributed by atoms with E-state index < -0.39 is 6.61 Å². The van der Waals surface area contributed by atoms with Crippen LogP contribution in [-0.4, -0.2) is 45.2 Å². The van der Waals surface area contributed by atoms with Crippen LogP contribution in [0.1, 0.15) is 38.2 Å². The number of amides is 1. The van der Waals surface area contributed by atoms with E-state index in [1.54, 1.807) is 12.1 Å². The predicted molar refractivity (Wildman–Crippen MR) is 107 cm³/mol. The molecule has 0 heterocycles. The maximum Gasteiger partial charge on any atom is 0.387 e. The zero-order valence-electron chi connectivity index (χ0n) is 17.0. The van der Waals surface area contributed by atoms with Gasteiger partial charge in [0.2, 0.25) is 5.91 Å². The Labute approximate surface area is 170 Å². The lowest BCUT2D eigenvalue weighted by Crippen LogP contribution is -2.39. The SMILES string of the molecule is CCNC(=NCc1cc(OC)ccc1OC(F)F)NCCCNC(=O)C1CCC1. The van der Waals surface area contributed by atoms with E-state index in [2.05, 4.69) is 25.7 Å². The molecule has 1 saturated carbocycles. The van der Waals surface area contributed by atoms with Crippen molar-refractivity contribution >= 4 is 11.9 Å². The summed E-state index contributed by atoms with van der Waals surface area (Å²) in [7, 11) is 1.51. The molecule has 1 aliphatic rings. The summed E-state index contributed by atoms with van der Waals surface area (Å²) in [6.07, 6.45) is 3.87. The monoisotopic (exact) mass is 412 g/mol. The zero-order chi connectivity index (χ0) is 21.1. The number of alkyl halides is 2. The molecule has 2 rings (SSSR count). The van der Waals surface area contributed by atoms with Crippen LogP contribution in [0.4, 0.5) is 8.78 Å². The fourth-order valence-electron chi connectivity index (χ4n) is 2.84. The van der Waals surface area contributed by atoms with Gasteiger partial charge in [0.15, 0.2) is 5.96 Å².